The van der Waals surface area contributed by atoms with Crippen molar-refractivity contribution in [2.75, 3.05) is 0 Å². The lowest BCUT2D eigenvalue weighted by Gasteiger charge is -2.13. The van der Waals surface area contributed by atoms with Crippen LogP contribution in [0, 0.1) is 0 Å². The summed E-state index contributed by atoms with van der Waals surface area (Å²) in [6.07, 6.45) is 30.9. The zero-order valence-electron chi connectivity index (χ0n) is 28.1. The van der Waals surface area contributed by atoms with Crippen LogP contribution in [0.4, 0.5) is 0 Å². The summed E-state index contributed by atoms with van der Waals surface area (Å²) in [7, 11) is 0. The van der Waals surface area contributed by atoms with Gasteiger partial charge in [-0.3, -0.25) is 0 Å². The first kappa shape index (κ1) is 35.1. The molecule has 43 heavy (non-hydrogen) atoms. The number of phenolic OH excluding ortho intramolecular Hbond substituents is 1. The quantitative estimate of drug-likeness (QED) is 0.1000. The van der Waals surface area contributed by atoms with Gasteiger partial charge in [-0.2, -0.15) is 0 Å². The molecule has 0 saturated carbocycles. The minimum atomic E-state index is 0.358. The molecule has 2 aromatic carbocycles. The Labute approximate surface area is 264 Å². The molecule has 0 unspecified atom stereocenters. The van der Waals surface area contributed by atoms with Gasteiger partial charge in [0.15, 0.2) is 0 Å². The monoisotopic (exact) mass is 589 g/mol. The number of nitrogens with zero attached hydrogens (tertiary/aromatic N) is 3. The zero-order valence-corrected chi connectivity index (χ0v) is 28.1. The van der Waals surface area contributed by atoms with E-state index in [-0.39, 0.29) is 0 Å². The maximum Gasteiger partial charge on any atom is 0.146 e. The van der Waals surface area contributed by atoms with Crippen LogP contribution in [0.2, 0.25) is 0 Å². The van der Waals surface area contributed by atoms with Crippen LogP contribution in [0.5, 0.6) is 5.75 Å². The number of fused-ring (bicyclic) bond motifs is 1. The van der Waals surface area contributed by atoms with Crippen molar-refractivity contribution in [1.29, 1.82) is 0 Å². The van der Waals surface area contributed by atoms with E-state index in [2.05, 4.69) is 51.1 Å². The third-order valence-corrected chi connectivity index (χ3v) is 9.05. The molecular weight excluding hydrogens is 526 g/mol. The highest BCUT2D eigenvalue weighted by Crippen LogP contribution is 2.31. The summed E-state index contributed by atoms with van der Waals surface area (Å²) in [4.78, 5) is 1.68. The molecule has 0 spiro atoms. The fraction of sp³-hybridized carbons (Fsp3) is 0.692. The number of hydrogen-bond donors (Lipinski definition) is 1. The minimum absolute atomic E-state index is 0.358. The number of unbranched alkanes of at least 4 members (excludes halogenated alkanes) is 18. The average Bonchev–Trinajstić information content (AvgIpc) is 3.43. The Hall–Kier alpha value is -2.36. The van der Waals surface area contributed by atoms with Crippen molar-refractivity contribution < 1.29 is 5.11 Å². The highest BCUT2D eigenvalue weighted by Gasteiger charge is 2.15. The lowest BCUT2D eigenvalue weighted by molar-refractivity contribution is 0.458. The van der Waals surface area contributed by atoms with Gasteiger partial charge < -0.3 is 5.11 Å². The van der Waals surface area contributed by atoms with Crippen molar-refractivity contribution in [3.8, 4) is 11.4 Å². The Morgan fingerprint density at radius 3 is 1.56 bits per heavy atom. The summed E-state index contributed by atoms with van der Waals surface area (Å²) in [5, 5.41) is 21.0. The molecule has 1 aromatic heterocycles. The highest BCUT2D eigenvalue weighted by molar-refractivity contribution is 5.75. The van der Waals surface area contributed by atoms with E-state index in [1.54, 1.807) is 4.80 Å². The van der Waals surface area contributed by atoms with Crippen LogP contribution in [0.3, 0.4) is 0 Å². The van der Waals surface area contributed by atoms with Gasteiger partial charge in [-0.15, -0.1) is 15.0 Å². The van der Waals surface area contributed by atoms with E-state index in [4.69, 9.17) is 10.2 Å². The summed E-state index contributed by atoms with van der Waals surface area (Å²) in [5.74, 6) is 0.358. The second-order valence-electron chi connectivity index (χ2n) is 13.0. The molecule has 0 fully saturated rings. The maximum absolute atomic E-state index is 11.4. The molecule has 4 heteroatoms. The van der Waals surface area contributed by atoms with Crippen LogP contribution in [0.15, 0.2) is 30.3 Å². The van der Waals surface area contributed by atoms with Crippen LogP contribution < -0.4 is 0 Å². The Morgan fingerprint density at radius 2 is 1.00 bits per heavy atom. The molecule has 240 valence electrons. The maximum atomic E-state index is 11.4. The van der Waals surface area contributed by atoms with E-state index >= 15 is 0 Å². The topological polar surface area (TPSA) is 50.9 Å². The van der Waals surface area contributed by atoms with Gasteiger partial charge in [0.1, 0.15) is 22.5 Å². The van der Waals surface area contributed by atoms with Crippen molar-refractivity contribution in [3.05, 3.63) is 47.0 Å². The first-order valence-corrected chi connectivity index (χ1v) is 18.4. The molecule has 0 aliphatic heterocycles. The standard InChI is InChI=1S/C39H63N3O/c1-4-7-9-11-13-15-17-19-21-23-26-34-30-35(27-24-22-20-18-16-14-12-10-8-5-2)39(43)38(32-34)42-40-36-29-28-33(25-6-3)31-37(36)41-42/h28-32,43H,4-27H2,1-3H3. The first-order valence-electron chi connectivity index (χ1n) is 18.4. The van der Waals surface area contributed by atoms with E-state index in [9.17, 15) is 5.11 Å². The van der Waals surface area contributed by atoms with Crippen molar-refractivity contribution in [3.63, 3.8) is 0 Å². The molecule has 0 amide bonds. The van der Waals surface area contributed by atoms with E-state index in [1.807, 2.05) is 0 Å². The molecule has 4 nitrogen and oxygen atoms in total. The second kappa shape index (κ2) is 21.4. The highest BCUT2D eigenvalue weighted by atomic mass is 16.3. The van der Waals surface area contributed by atoms with Crippen molar-refractivity contribution >= 4 is 11.0 Å². The molecule has 0 radical (unpaired) electrons. The number of benzene rings is 2. The molecule has 3 aromatic rings. The minimum Gasteiger partial charge on any atom is -0.505 e. The van der Waals surface area contributed by atoms with Gasteiger partial charge in [-0.1, -0.05) is 155 Å². The van der Waals surface area contributed by atoms with Gasteiger partial charge in [0.25, 0.3) is 0 Å². The molecule has 0 aliphatic carbocycles. The summed E-state index contributed by atoms with van der Waals surface area (Å²) in [5.41, 5.74) is 6.19. The predicted octanol–water partition coefficient (Wildman–Crippen LogP) is 12.0. The normalized spacial score (nSPS) is 11.6. The molecule has 0 bridgehead atoms. The van der Waals surface area contributed by atoms with Crippen LogP contribution in [-0.2, 0) is 19.3 Å². The molecule has 1 heterocycles. The fourth-order valence-electron chi connectivity index (χ4n) is 6.36. The zero-order chi connectivity index (χ0) is 30.5. The number of rotatable bonds is 25. The molecule has 1 N–H and O–H groups in total. The van der Waals surface area contributed by atoms with Gasteiger partial charge in [0, 0.05) is 0 Å². The van der Waals surface area contributed by atoms with E-state index in [0.29, 0.717) is 5.75 Å². The van der Waals surface area contributed by atoms with Gasteiger partial charge in [0.2, 0.25) is 0 Å². The van der Waals surface area contributed by atoms with Crippen LogP contribution in [-0.4, -0.2) is 20.1 Å². The molecular formula is C39H63N3O. The van der Waals surface area contributed by atoms with Gasteiger partial charge in [-0.05, 0) is 67.0 Å². The van der Waals surface area contributed by atoms with Gasteiger partial charge in [0.05, 0.1) is 0 Å². The SMILES string of the molecule is CCCCCCCCCCCCc1cc(CCCCCCCCCCCC)c(O)c(-n2nc3ccc(CCC)cc3n2)c1. The Bertz CT molecular complexity index is 1150. The Morgan fingerprint density at radius 1 is 0.488 bits per heavy atom. The number of phenols is 1. The van der Waals surface area contributed by atoms with E-state index in [1.165, 1.54) is 133 Å². The predicted molar refractivity (Wildman–Crippen MR) is 186 cm³/mol. The number of aryl methyl sites for hydroxylation is 3. The van der Waals surface area contributed by atoms with E-state index < -0.39 is 0 Å². The van der Waals surface area contributed by atoms with Crippen molar-refractivity contribution in [1.82, 2.24) is 15.0 Å². The van der Waals surface area contributed by atoms with Crippen LogP contribution in [0.1, 0.15) is 172 Å². The van der Waals surface area contributed by atoms with Crippen molar-refractivity contribution in [2.24, 2.45) is 0 Å². The van der Waals surface area contributed by atoms with Gasteiger partial charge in [-0.25, -0.2) is 0 Å². The van der Waals surface area contributed by atoms with E-state index in [0.717, 1.165) is 54.4 Å². The average molecular weight is 590 g/mol. The van der Waals surface area contributed by atoms with Crippen LogP contribution in [0.25, 0.3) is 16.7 Å². The molecule has 0 aliphatic rings. The lowest BCUT2D eigenvalue weighted by atomic mass is 9.98. The molecule has 0 saturated heterocycles. The summed E-state index contributed by atoms with van der Waals surface area (Å²) < 4.78 is 0. The Balaban J connectivity index is 1.59. The van der Waals surface area contributed by atoms with Crippen molar-refractivity contribution in [2.45, 2.75) is 175 Å². The molecule has 3 rings (SSSR count). The van der Waals surface area contributed by atoms with Crippen LogP contribution >= 0.6 is 0 Å². The third-order valence-electron chi connectivity index (χ3n) is 9.05. The Kier molecular flexibility index (Phi) is 17.4. The number of aromatic hydroxyl groups is 1. The second-order valence-corrected chi connectivity index (χ2v) is 13.0. The summed E-state index contributed by atoms with van der Waals surface area (Å²) >= 11 is 0. The third kappa shape index (κ3) is 13.0. The summed E-state index contributed by atoms with van der Waals surface area (Å²) in [6, 6.07) is 10.8. The lowest BCUT2D eigenvalue weighted by Crippen LogP contribution is -2.03. The number of hydrogen-bond acceptors (Lipinski definition) is 3. The molecule has 0 atom stereocenters. The first-order chi connectivity index (χ1) is 21.2. The summed E-state index contributed by atoms with van der Waals surface area (Å²) in [6.45, 7) is 6.77. The smallest absolute Gasteiger partial charge is 0.146 e. The fourth-order valence-corrected chi connectivity index (χ4v) is 6.36. The largest absolute Gasteiger partial charge is 0.505 e. The number of aromatic nitrogens is 3. The van der Waals surface area contributed by atoms with Gasteiger partial charge >= 0.3 is 0 Å².